The van der Waals surface area contributed by atoms with Crippen molar-refractivity contribution in [1.29, 1.82) is 0 Å². The Kier molecular flexibility index (Phi) is 7.26. The summed E-state index contributed by atoms with van der Waals surface area (Å²) in [4.78, 5) is 25.6. The smallest absolute Gasteiger partial charge is 0.412 e. The van der Waals surface area contributed by atoms with Crippen molar-refractivity contribution in [2.75, 3.05) is 32.0 Å². The van der Waals surface area contributed by atoms with Gasteiger partial charge in [0.25, 0.3) is 0 Å². The van der Waals surface area contributed by atoms with Crippen LogP contribution >= 0.6 is 0 Å². The van der Waals surface area contributed by atoms with Gasteiger partial charge in [-0.15, -0.1) is 0 Å². The molecule has 2 unspecified atom stereocenters. The molecule has 11 heteroatoms. The topological polar surface area (TPSA) is 118 Å². The van der Waals surface area contributed by atoms with Crippen molar-refractivity contribution in [3.05, 3.63) is 23.8 Å². The van der Waals surface area contributed by atoms with Crippen LogP contribution in [0.2, 0.25) is 0 Å². The van der Waals surface area contributed by atoms with E-state index in [4.69, 9.17) is 23.7 Å². The van der Waals surface area contributed by atoms with E-state index in [1.165, 1.54) is 11.8 Å². The molecule has 1 aromatic carbocycles. The molecule has 2 heterocycles. The molecule has 1 amide bonds. The molecule has 0 bridgehead atoms. The largest absolute Gasteiger partial charge is 0.454 e. The Bertz CT molecular complexity index is 905. The predicted molar refractivity (Wildman–Crippen MR) is 109 cm³/mol. The van der Waals surface area contributed by atoms with Gasteiger partial charge in [-0.1, -0.05) is 6.07 Å². The average molecular weight is 458 g/mol. The molecule has 1 saturated heterocycles. The molecule has 172 valence electrons. The normalized spacial score (nSPS) is 18.5. The zero-order chi connectivity index (χ0) is 22.6. The van der Waals surface area contributed by atoms with E-state index >= 15 is 0 Å². The van der Waals surface area contributed by atoms with Gasteiger partial charge >= 0.3 is 12.1 Å². The molecule has 31 heavy (non-hydrogen) atoms. The summed E-state index contributed by atoms with van der Waals surface area (Å²) in [6.07, 6.45) is -1.54. The molecule has 1 aromatic rings. The van der Waals surface area contributed by atoms with Crippen molar-refractivity contribution >= 4 is 21.9 Å². The first-order valence-electron chi connectivity index (χ1n) is 9.96. The van der Waals surface area contributed by atoms with E-state index < -0.39 is 28.2 Å². The van der Waals surface area contributed by atoms with Crippen LogP contribution in [0.5, 0.6) is 11.5 Å². The van der Waals surface area contributed by atoms with Gasteiger partial charge in [0.1, 0.15) is 0 Å². The second kappa shape index (κ2) is 9.73. The third kappa shape index (κ3) is 6.47. The number of carbonyl (C=O) groups is 2. The number of hydrogen-bond donors (Lipinski definition) is 0. The van der Waals surface area contributed by atoms with E-state index in [-0.39, 0.29) is 43.5 Å². The summed E-state index contributed by atoms with van der Waals surface area (Å²) < 4.78 is 48.3. The fourth-order valence-electron chi connectivity index (χ4n) is 3.14. The number of sulfone groups is 1. The standard InChI is InChI=1S/C20H27NO9S/c1-13(8-15-4-5-17-18(9-15)28-12-27-17)21(3)20(23)30-14(2)29-19(22)6-7-26-16-10-31(24,25)11-16/h4-5,9,13-14,16H,6-8,10-12H2,1-3H3. The third-order valence-electron chi connectivity index (χ3n) is 5.02. The predicted octanol–water partition coefficient (Wildman–Crippen LogP) is 1.51. The average Bonchev–Trinajstić information content (AvgIpc) is 3.13. The highest BCUT2D eigenvalue weighted by Gasteiger charge is 2.34. The van der Waals surface area contributed by atoms with Gasteiger partial charge in [0.2, 0.25) is 13.1 Å². The van der Waals surface area contributed by atoms with E-state index in [0.29, 0.717) is 17.9 Å². The molecule has 3 rings (SSSR count). The second-order valence-electron chi connectivity index (χ2n) is 7.61. The summed E-state index contributed by atoms with van der Waals surface area (Å²) >= 11 is 0. The lowest BCUT2D eigenvalue weighted by Crippen LogP contribution is -2.43. The molecular formula is C20H27NO9S. The Morgan fingerprint density at radius 2 is 1.87 bits per heavy atom. The van der Waals surface area contributed by atoms with E-state index in [9.17, 15) is 18.0 Å². The van der Waals surface area contributed by atoms with Crippen LogP contribution in [-0.4, -0.2) is 75.8 Å². The minimum absolute atomic E-state index is 0.0210. The number of carbonyl (C=O) groups excluding carboxylic acids is 2. The van der Waals surface area contributed by atoms with Crippen molar-refractivity contribution in [2.45, 2.75) is 45.1 Å². The molecule has 0 spiro atoms. The maximum Gasteiger partial charge on any atom is 0.412 e. The number of hydrogen-bond acceptors (Lipinski definition) is 9. The molecule has 1 fully saturated rings. The Balaban J connectivity index is 1.36. The lowest BCUT2D eigenvalue weighted by atomic mass is 10.1. The number of ether oxygens (including phenoxy) is 5. The highest BCUT2D eigenvalue weighted by atomic mass is 32.2. The van der Waals surface area contributed by atoms with Gasteiger partial charge < -0.3 is 28.6 Å². The van der Waals surface area contributed by atoms with E-state index in [2.05, 4.69) is 0 Å². The van der Waals surface area contributed by atoms with Crippen LogP contribution in [0.3, 0.4) is 0 Å². The zero-order valence-electron chi connectivity index (χ0n) is 17.7. The van der Waals surface area contributed by atoms with Gasteiger partial charge in [-0.25, -0.2) is 13.2 Å². The lowest BCUT2D eigenvalue weighted by Gasteiger charge is -2.26. The lowest BCUT2D eigenvalue weighted by molar-refractivity contribution is -0.167. The number of benzene rings is 1. The Morgan fingerprint density at radius 3 is 2.58 bits per heavy atom. The van der Waals surface area contributed by atoms with Gasteiger partial charge in [0.15, 0.2) is 21.3 Å². The summed E-state index contributed by atoms with van der Waals surface area (Å²) in [6, 6.07) is 5.44. The molecule has 0 saturated carbocycles. The Hall–Kier alpha value is -2.53. The van der Waals surface area contributed by atoms with Crippen LogP contribution in [0.25, 0.3) is 0 Å². The van der Waals surface area contributed by atoms with Gasteiger partial charge in [0, 0.05) is 20.0 Å². The van der Waals surface area contributed by atoms with E-state index in [1.807, 2.05) is 25.1 Å². The van der Waals surface area contributed by atoms with Gasteiger partial charge in [0.05, 0.1) is 30.6 Å². The van der Waals surface area contributed by atoms with Crippen molar-refractivity contribution < 1.29 is 41.7 Å². The monoisotopic (exact) mass is 457 g/mol. The van der Waals surface area contributed by atoms with Crippen LogP contribution in [0, 0.1) is 0 Å². The first kappa shape index (κ1) is 23.1. The van der Waals surface area contributed by atoms with Crippen LogP contribution in [0.4, 0.5) is 4.79 Å². The number of amides is 1. The molecule has 0 N–H and O–H groups in total. The first-order valence-corrected chi connectivity index (χ1v) is 11.8. The van der Waals surface area contributed by atoms with Crippen LogP contribution in [0.1, 0.15) is 25.8 Å². The van der Waals surface area contributed by atoms with E-state index in [0.717, 1.165) is 5.56 Å². The summed E-state index contributed by atoms with van der Waals surface area (Å²) in [5.41, 5.74) is 0.982. The van der Waals surface area contributed by atoms with Gasteiger partial charge in [-0.05, 0) is 31.0 Å². The molecule has 10 nitrogen and oxygen atoms in total. The fourth-order valence-corrected chi connectivity index (χ4v) is 4.37. The first-order chi connectivity index (χ1) is 14.6. The molecular weight excluding hydrogens is 430 g/mol. The maximum absolute atomic E-state index is 12.4. The minimum Gasteiger partial charge on any atom is -0.454 e. The number of nitrogens with zero attached hydrogens (tertiary/aromatic N) is 1. The number of likely N-dealkylation sites (N-methyl/N-ethyl adjacent to an activating group) is 1. The molecule has 0 aromatic heterocycles. The summed E-state index contributed by atoms with van der Waals surface area (Å²) in [6.45, 7) is 3.57. The van der Waals surface area contributed by atoms with Crippen LogP contribution < -0.4 is 9.47 Å². The van der Waals surface area contributed by atoms with Gasteiger partial charge in [-0.2, -0.15) is 0 Å². The minimum atomic E-state index is -2.97. The Labute approximate surface area is 181 Å². The highest BCUT2D eigenvalue weighted by Crippen LogP contribution is 2.33. The Morgan fingerprint density at radius 1 is 1.16 bits per heavy atom. The number of rotatable bonds is 9. The summed E-state index contributed by atoms with van der Waals surface area (Å²) in [5.74, 6) is 0.736. The third-order valence-corrected chi connectivity index (χ3v) is 6.78. The SMILES string of the molecule is CC(OC(=O)CCOC1CS(=O)(=O)C1)OC(=O)N(C)C(C)Cc1ccc2c(c1)OCO2. The second-order valence-corrected chi connectivity index (χ2v) is 9.77. The van der Waals surface area contributed by atoms with Gasteiger partial charge in [-0.3, -0.25) is 4.79 Å². The number of fused-ring (bicyclic) bond motifs is 1. The fraction of sp³-hybridized carbons (Fsp3) is 0.600. The molecule has 2 aliphatic rings. The number of esters is 1. The quantitative estimate of drug-likeness (QED) is 0.402. The molecule has 0 aliphatic carbocycles. The maximum atomic E-state index is 12.4. The van der Waals surface area contributed by atoms with E-state index in [1.54, 1.807) is 7.05 Å². The molecule has 2 atom stereocenters. The van der Waals surface area contributed by atoms with Crippen molar-refractivity contribution in [3.8, 4) is 11.5 Å². The zero-order valence-corrected chi connectivity index (χ0v) is 18.6. The van der Waals surface area contributed by atoms with Crippen molar-refractivity contribution in [1.82, 2.24) is 4.90 Å². The summed E-state index contributed by atoms with van der Waals surface area (Å²) in [5, 5.41) is 0. The van der Waals surface area contributed by atoms with Crippen LogP contribution in [-0.2, 0) is 35.3 Å². The highest BCUT2D eigenvalue weighted by molar-refractivity contribution is 7.92. The summed E-state index contributed by atoms with van der Waals surface area (Å²) in [7, 11) is -1.36. The van der Waals surface area contributed by atoms with Crippen molar-refractivity contribution in [2.24, 2.45) is 0 Å². The molecule has 0 radical (unpaired) electrons. The van der Waals surface area contributed by atoms with Crippen molar-refractivity contribution in [3.63, 3.8) is 0 Å². The molecule has 2 aliphatic heterocycles. The van der Waals surface area contributed by atoms with Crippen LogP contribution in [0.15, 0.2) is 18.2 Å².